The Balaban J connectivity index is 1.42. The van der Waals surface area contributed by atoms with Crippen molar-refractivity contribution in [1.82, 2.24) is 10.2 Å². The summed E-state index contributed by atoms with van der Waals surface area (Å²) in [4.78, 5) is 26.6. The Bertz CT molecular complexity index is 863. The lowest BCUT2D eigenvalue weighted by Gasteiger charge is -2.44. The molecule has 0 aliphatic carbocycles. The number of urea groups is 1. The lowest BCUT2D eigenvalue weighted by molar-refractivity contribution is -0.0203. The number of hydrogen-bond acceptors (Lipinski definition) is 3. The number of rotatable bonds is 1. The molecule has 2 aliphatic rings. The van der Waals surface area contributed by atoms with Crippen LogP contribution in [0.3, 0.4) is 0 Å². The Hall–Kier alpha value is -2.54. The Kier molecular flexibility index (Phi) is 4.32. The van der Waals surface area contributed by atoms with Crippen LogP contribution < -0.4 is 15.4 Å². The molecule has 1 spiro atoms. The number of fused-ring (bicyclic) bond motifs is 1. The molecule has 0 saturated carbocycles. The van der Waals surface area contributed by atoms with Crippen LogP contribution in [0.15, 0.2) is 53.0 Å². The van der Waals surface area contributed by atoms with Crippen molar-refractivity contribution in [3.05, 3.63) is 58.6 Å². The number of para-hydroxylation sites is 2. The van der Waals surface area contributed by atoms with Gasteiger partial charge in [-0.1, -0.05) is 24.3 Å². The van der Waals surface area contributed by atoms with Crippen molar-refractivity contribution < 1.29 is 14.3 Å². The van der Waals surface area contributed by atoms with E-state index in [0.717, 1.165) is 10.2 Å². The normalized spacial score (nSPS) is 17.9. The molecule has 2 aromatic rings. The van der Waals surface area contributed by atoms with E-state index in [0.29, 0.717) is 37.2 Å². The van der Waals surface area contributed by atoms with Gasteiger partial charge in [0, 0.05) is 30.4 Å². The molecule has 0 atom stereocenters. The zero-order valence-electron chi connectivity index (χ0n) is 14.0. The lowest BCUT2D eigenvalue weighted by Crippen LogP contribution is -2.61. The minimum absolute atomic E-state index is 0.127. The van der Waals surface area contributed by atoms with Crippen molar-refractivity contribution in [2.75, 3.05) is 18.4 Å². The smallest absolute Gasteiger partial charge is 0.321 e. The second-order valence-corrected chi connectivity index (χ2v) is 7.30. The van der Waals surface area contributed by atoms with Crippen molar-refractivity contribution in [3.8, 4) is 5.75 Å². The third-order valence-corrected chi connectivity index (χ3v) is 5.44. The van der Waals surface area contributed by atoms with Gasteiger partial charge in [0.15, 0.2) is 5.72 Å². The van der Waals surface area contributed by atoms with Crippen LogP contribution in [-0.2, 0) is 0 Å². The number of carbonyl (C=O) groups excluding carboxylic acids is 2. The van der Waals surface area contributed by atoms with Gasteiger partial charge < -0.3 is 20.3 Å². The number of nitrogens with zero attached hydrogens (tertiary/aromatic N) is 1. The molecule has 0 bridgehead atoms. The summed E-state index contributed by atoms with van der Waals surface area (Å²) in [6, 6.07) is 14.5. The predicted octanol–water partition coefficient (Wildman–Crippen LogP) is 3.60. The van der Waals surface area contributed by atoms with Crippen LogP contribution in [0.25, 0.3) is 0 Å². The largest absolute Gasteiger partial charge is 0.467 e. The zero-order chi connectivity index (χ0) is 18.1. The summed E-state index contributed by atoms with van der Waals surface area (Å²) in [6.45, 7) is 0.997. The lowest BCUT2D eigenvalue weighted by atomic mass is 9.97. The van der Waals surface area contributed by atoms with E-state index in [9.17, 15) is 9.59 Å². The van der Waals surface area contributed by atoms with Gasteiger partial charge in [0.05, 0.1) is 11.3 Å². The molecule has 3 amide bonds. The van der Waals surface area contributed by atoms with Crippen LogP contribution in [0, 0.1) is 0 Å². The van der Waals surface area contributed by atoms with Crippen LogP contribution in [-0.4, -0.2) is 35.7 Å². The number of nitrogens with one attached hydrogen (secondary N) is 2. The Morgan fingerprint density at radius 3 is 2.58 bits per heavy atom. The number of ether oxygens (including phenoxy) is 1. The van der Waals surface area contributed by atoms with E-state index in [4.69, 9.17) is 4.74 Å². The molecule has 6 nitrogen and oxygen atoms in total. The van der Waals surface area contributed by atoms with Gasteiger partial charge in [0.2, 0.25) is 0 Å². The van der Waals surface area contributed by atoms with E-state index >= 15 is 0 Å². The second kappa shape index (κ2) is 6.64. The highest BCUT2D eigenvalue weighted by Crippen LogP contribution is 2.33. The molecule has 2 aliphatic heterocycles. The molecule has 26 heavy (non-hydrogen) atoms. The van der Waals surface area contributed by atoms with E-state index < -0.39 is 5.72 Å². The highest BCUT2D eigenvalue weighted by molar-refractivity contribution is 9.10. The molecule has 2 N–H and O–H groups in total. The number of likely N-dealkylation sites (tertiary alicyclic amines) is 1. The van der Waals surface area contributed by atoms with Crippen molar-refractivity contribution in [2.45, 2.75) is 18.6 Å². The summed E-state index contributed by atoms with van der Waals surface area (Å²) in [6.07, 6.45) is 1.08. The number of benzene rings is 2. The molecule has 2 heterocycles. The summed E-state index contributed by atoms with van der Waals surface area (Å²) in [5.41, 5.74) is 0.538. The summed E-state index contributed by atoms with van der Waals surface area (Å²) >= 11 is 3.43. The molecule has 0 aromatic heterocycles. The van der Waals surface area contributed by atoms with Gasteiger partial charge >= 0.3 is 6.03 Å². The third kappa shape index (κ3) is 3.14. The molecule has 7 heteroatoms. The maximum Gasteiger partial charge on any atom is 0.321 e. The highest BCUT2D eigenvalue weighted by atomic mass is 79.9. The van der Waals surface area contributed by atoms with Gasteiger partial charge in [-0.15, -0.1) is 0 Å². The molecular weight excluding hydrogens is 398 g/mol. The van der Waals surface area contributed by atoms with E-state index in [-0.39, 0.29) is 11.9 Å². The number of piperidine rings is 1. The molecule has 1 saturated heterocycles. The third-order valence-electron chi connectivity index (χ3n) is 4.75. The predicted molar refractivity (Wildman–Crippen MR) is 101 cm³/mol. The molecule has 2 aromatic carbocycles. The average Bonchev–Trinajstić information content (AvgIpc) is 2.64. The van der Waals surface area contributed by atoms with Crippen LogP contribution in [0.1, 0.15) is 23.2 Å². The van der Waals surface area contributed by atoms with E-state index in [1.807, 2.05) is 42.5 Å². The number of amides is 3. The first-order valence-corrected chi connectivity index (χ1v) is 9.27. The average molecular weight is 416 g/mol. The SMILES string of the molecule is O=C1NC2(CCN(C(=O)Nc3ccccc3Br)CC2)Oc2ccccc21. The van der Waals surface area contributed by atoms with Gasteiger partial charge in [-0.05, 0) is 40.2 Å². The Morgan fingerprint density at radius 1 is 1.12 bits per heavy atom. The van der Waals surface area contributed by atoms with Crippen LogP contribution in [0.4, 0.5) is 10.5 Å². The zero-order valence-corrected chi connectivity index (χ0v) is 15.6. The minimum Gasteiger partial charge on any atom is -0.467 e. The maximum atomic E-state index is 12.5. The first-order valence-electron chi connectivity index (χ1n) is 8.47. The molecule has 4 rings (SSSR count). The summed E-state index contributed by atoms with van der Waals surface area (Å²) in [5, 5.41) is 5.89. The molecular formula is C19H18BrN3O3. The fourth-order valence-electron chi connectivity index (χ4n) is 3.31. The van der Waals surface area contributed by atoms with Gasteiger partial charge in [-0.3, -0.25) is 4.79 Å². The van der Waals surface area contributed by atoms with E-state index in [1.165, 1.54) is 0 Å². The quantitative estimate of drug-likeness (QED) is 0.747. The first-order chi connectivity index (χ1) is 12.6. The van der Waals surface area contributed by atoms with Crippen LogP contribution in [0.2, 0.25) is 0 Å². The van der Waals surface area contributed by atoms with Gasteiger partial charge in [-0.2, -0.15) is 0 Å². The van der Waals surface area contributed by atoms with E-state index in [1.54, 1.807) is 11.0 Å². The summed E-state index contributed by atoms with van der Waals surface area (Å²) in [7, 11) is 0. The topological polar surface area (TPSA) is 70.7 Å². The highest BCUT2D eigenvalue weighted by Gasteiger charge is 2.43. The molecule has 1 fully saturated rings. The number of anilines is 1. The van der Waals surface area contributed by atoms with Crippen molar-refractivity contribution in [1.29, 1.82) is 0 Å². The van der Waals surface area contributed by atoms with Crippen molar-refractivity contribution in [2.24, 2.45) is 0 Å². The number of carbonyl (C=O) groups is 2. The van der Waals surface area contributed by atoms with Gasteiger partial charge in [0.25, 0.3) is 5.91 Å². The standard InChI is InChI=1S/C19H18BrN3O3/c20-14-6-2-3-7-15(14)21-18(25)23-11-9-19(10-12-23)22-17(24)13-5-1-4-8-16(13)26-19/h1-8H,9-12H2,(H,21,25)(H,22,24). The van der Waals surface area contributed by atoms with Crippen molar-refractivity contribution in [3.63, 3.8) is 0 Å². The molecule has 134 valence electrons. The van der Waals surface area contributed by atoms with E-state index in [2.05, 4.69) is 26.6 Å². The fourth-order valence-corrected chi connectivity index (χ4v) is 3.69. The van der Waals surface area contributed by atoms with Gasteiger partial charge in [-0.25, -0.2) is 4.79 Å². The summed E-state index contributed by atoms with van der Waals surface area (Å²) in [5.74, 6) is 0.473. The summed E-state index contributed by atoms with van der Waals surface area (Å²) < 4.78 is 6.93. The minimum atomic E-state index is -0.741. The first kappa shape index (κ1) is 16.9. The Labute approximate surface area is 159 Å². The number of halogens is 1. The van der Waals surface area contributed by atoms with Crippen molar-refractivity contribution >= 4 is 33.6 Å². The van der Waals surface area contributed by atoms with Crippen LogP contribution in [0.5, 0.6) is 5.75 Å². The maximum absolute atomic E-state index is 12.5. The Morgan fingerprint density at radius 2 is 1.81 bits per heavy atom. The monoisotopic (exact) mass is 415 g/mol. The van der Waals surface area contributed by atoms with Crippen LogP contribution >= 0.6 is 15.9 Å². The second-order valence-electron chi connectivity index (χ2n) is 6.44. The molecule has 0 radical (unpaired) electrons. The number of hydrogen-bond donors (Lipinski definition) is 2. The molecule has 0 unspecified atom stereocenters. The fraction of sp³-hybridized carbons (Fsp3) is 0.263. The van der Waals surface area contributed by atoms with Gasteiger partial charge in [0.1, 0.15) is 5.75 Å².